The molecule has 0 aliphatic carbocycles. The van der Waals surface area contributed by atoms with Gasteiger partial charge in [-0.1, -0.05) is 48.5 Å². The summed E-state index contributed by atoms with van der Waals surface area (Å²) >= 11 is 0. The minimum absolute atomic E-state index is 0.229. The summed E-state index contributed by atoms with van der Waals surface area (Å²) in [5, 5.41) is 3.18. The van der Waals surface area contributed by atoms with Gasteiger partial charge in [-0.15, -0.1) is 0 Å². The van der Waals surface area contributed by atoms with Gasteiger partial charge in [0.2, 0.25) is 0 Å². The van der Waals surface area contributed by atoms with Crippen LogP contribution < -0.4 is 10.2 Å². The van der Waals surface area contributed by atoms with Gasteiger partial charge in [0.05, 0.1) is 11.6 Å². The van der Waals surface area contributed by atoms with Crippen molar-refractivity contribution in [3.05, 3.63) is 107 Å². The van der Waals surface area contributed by atoms with Crippen molar-refractivity contribution in [2.75, 3.05) is 10.2 Å². The molecule has 4 rings (SSSR count). The van der Waals surface area contributed by atoms with Crippen molar-refractivity contribution in [3.63, 3.8) is 0 Å². The molecule has 1 N–H and O–H groups in total. The zero-order valence-electron chi connectivity index (χ0n) is 16.1. The van der Waals surface area contributed by atoms with Crippen LogP contribution in [0.3, 0.4) is 0 Å². The molecule has 1 aliphatic rings. The predicted molar refractivity (Wildman–Crippen MR) is 111 cm³/mol. The van der Waals surface area contributed by atoms with Crippen molar-refractivity contribution in [3.8, 4) is 0 Å². The summed E-state index contributed by atoms with van der Waals surface area (Å²) in [6.45, 7) is 1.83. The Hall–Kier alpha value is -3.54. The fourth-order valence-electron chi connectivity index (χ4n) is 3.66. The molecule has 1 amide bonds. The van der Waals surface area contributed by atoms with Crippen molar-refractivity contribution in [1.82, 2.24) is 0 Å². The number of halogens is 3. The van der Waals surface area contributed by atoms with E-state index in [1.807, 2.05) is 67.6 Å². The van der Waals surface area contributed by atoms with Gasteiger partial charge in [-0.25, -0.2) is 0 Å². The van der Waals surface area contributed by atoms with Crippen LogP contribution in [0.25, 0.3) is 0 Å². The lowest BCUT2D eigenvalue weighted by Gasteiger charge is -2.27. The third kappa shape index (κ3) is 3.68. The Kier molecular flexibility index (Phi) is 5.08. The molecule has 6 heteroatoms. The average molecular weight is 408 g/mol. The first-order valence-electron chi connectivity index (χ1n) is 9.45. The molecule has 1 aliphatic heterocycles. The van der Waals surface area contributed by atoms with Crippen LogP contribution in [0.5, 0.6) is 0 Å². The van der Waals surface area contributed by atoms with Crippen molar-refractivity contribution < 1.29 is 18.0 Å². The Labute approximate surface area is 172 Å². The zero-order valence-corrected chi connectivity index (χ0v) is 16.1. The van der Waals surface area contributed by atoms with E-state index in [2.05, 4.69) is 5.32 Å². The highest BCUT2D eigenvalue weighted by Gasteiger charge is 2.39. The van der Waals surface area contributed by atoms with Gasteiger partial charge in [0.15, 0.2) is 0 Å². The van der Waals surface area contributed by atoms with E-state index in [4.69, 9.17) is 0 Å². The van der Waals surface area contributed by atoms with Crippen molar-refractivity contribution >= 4 is 17.3 Å². The molecule has 0 saturated heterocycles. The summed E-state index contributed by atoms with van der Waals surface area (Å²) in [5.41, 5.74) is 2.51. The topological polar surface area (TPSA) is 32.3 Å². The Morgan fingerprint density at radius 2 is 1.40 bits per heavy atom. The lowest BCUT2D eigenvalue weighted by molar-refractivity contribution is -0.137. The second-order valence-corrected chi connectivity index (χ2v) is 7.08. The molecular formula is C24H19F3N2O. The number of benzene rings is 3. The van der Waals surface area contributed by atoms with Gasteiger partial charge in [0.25, 0.3) is 5.91 Å². The van der Waals surface area contributed by atoms with E-state index in [0.717, 1.165) is 23.4 Å². The third-order valence-electron chi connectivity index (χ3n) is 5.13. The van der Waals surface area contributed by atoms with E-state index in [1.165, 1.54) is 12.1 Å². The number of hydrogen-bond acceptors (Lipinski definition) is 2. The molecule has 1 unspecified atom stereocenters. The second kappa shape index (κ2) is 7.71. The maximum atomic E-state index is 13.4. The highest BCUT2D eigenvalue weighted by molar-refractivity contribution is 6.12. The van der Waals surface area contributed by atoms with Crippen LogP contribution in [0.4, 0.5) is 24.5 Å². The number of alkyl halides is 3. The van der Waals surface area contributed by atoms with E-state index < -0.39 is 17.8 Å². The number of rotatable bonds is 4. The number of carbonyl (C=O) groups excluding carboxylic acids is 1. The molecule has 0 spiro atoms. The van der Waals surface area contributed by atoms with E-state index in [1.54, 1.807) is 4.90 Å². The van der Waals surface area contributed by atoms with Crippen LogP contribution in [0.15, 0.2) is 96.2 Å². The van der Waals surface area contributed by atoms with Crippen molar-refractivity contribution in [1.29, 1.82) is 0 Å². The third-order valence-corrected chi connectivity index (χ3v) is 5.13. The number of nitrogens with one attached hydrogen (secondary N) is 1. The Balaban J connectivity index is 1.78. The number of hydrogen-bond donors (Lipinski definition) is 1. The smallest absolute Gasteiger partial charge is 0.351 e. The molecule has 0 radical (unpaired) electrons. The predicted octanol–water partition coefficient (Wildman–Crippen LogP) is 6.18. The monoisotopic (exact) mass is 408 g/mol. The van der Waals surface area contributed by atoms with Crippen LogP contribution in [0.1, 0.15) is 24.1 Å². The largest absolute Gasteiger partial charge is 0.416 e. The van der Waals surface area contributed by atoms with Crippen molar-refractivity contribution in [2.24, 2.45) is 0 Å². The van der Waals surface area contributed by atoms with E-state index in [-0.39, 0.29) is 5.91 Å². The average Bonchev–Trinajstić information content (AvgIpc) is 2.99. The van der Waals surface area contributed by atoms with E-state index in [9.17, 15) is 18.0 Å². The van der Waals surface area contributed by atoms with Crippen molar-refractivity contribution in [2.45, 2.75) is 19.1 Å². The quantitative estimate of drug-likeness (QED) is 0.559. The molecule has 30 heavy (non-hydrogen) atoms. The molecule has 0 fully saturated rings. The summed E-state index contributed by atoms with van der Waals surface area (Å²) in [5.74, 6) is -0.229. The SMILES string of the molecule is CC1=C(Nc2ccccc2)C(=O)N(c2ccccc2)C1c1ccc(C(F)(F)F)cc1. The fourth-order valence-corrected chi connectivity index (χ4v) is 3.66. The number of para-hydroxylation sites is 2. The molecule has 3 aromatic rings. The molecule has 3 nitrogen and oxygen atoms in total. The molecule has 3 aromatic carbocycles. The summed E-state index contributed by atoms with van der Waals surface area (Å²) in [7, 11) is 0. The summed E-state index contributed by atoms with van der Waals surface area (Å²) in [4.78, 5) is 15.0. The molecule has 1 heterocycles. The number of nitrogens with zero attached hydrogens (tertiary/aromatic N) is 1. The van der Waals surface area contributed by atoms with E-state index in [0.29, 0.717) is 16.9 Å². The molecule has 0 aromatic heterocycles. The van der Waals surface area contributed by atoms with Crippen LogP contribution in [-0.2, 0) is 11.0 Å². The lowest BCUT2D eigenvalue weighted by Crippen LogP contribution is -2.31. The number of amides is 1. The summed E-state index contributed by atoms with van der Waals surface area (Å²) < 4.78 is 39.0. The van der Waals surface area contributed by atoms with Gasteiger partial charge in [0.1, 0.15) is 5.70 Å². The highest BCUT2D eigenvalue weighted by Crippen LogP contribution is 2.41. The molecule has 1 atom stereocenters. The normalized spacial score (nSPS) is 16.9. The lowest BCUT2D eigenvalue weighted by atomic mass is 9.98. The first kappa shape index (κ1) is 19.8. The van der Waals surface area contributed by atoms with Crippen LogP contribution in [0.2, 0.25) is 0 Å². The first-order chi connectivity index (χ1) is 14.4. The zero-order chi connectivity index (χ0) is 21.3. The maximum Gasteiger partial charge on any atom is 0.416 e. The van der Waals surface area contributed by atoms with Gasteiger partial charge in [-0.3, -0.25) is 9.69 Å². The van der Waals surface area contributed by atoms with Gasteiger partial charge in [0, 0.05) is 11.4 Å². The van der Waals surface area contributed by atoms with E-state index >= 15 is 0 Å². The highest BCUT2D eigenvalue weighted by atomic mass is 19.4. The summed E-state index contributed by atoms with van der Waals surface area (Å²) in [6, 6.07) is 22.9. The molecular weight excluding hydrogens is 389 g/mol. The second-order valence-electron chi connectivity index (χ2n) is 7.08. The standard InChI is InChI=1S/C24H19F3N2O/c1-16-21(28-19-8-4-2-5-9-19)23(30)29(20-10-6-3-7-11-20)22(16)17-12-14-18(15-13-17)24(25,26)27/h2-15,22,28H,1H3. The van der Waals surface area contributed by atoms with Crippen LogP contribution in [0, 0.1) is 0 Å². The Bertz CT molecular complexity index is 1070. The fraction of sp³-hybridized carbons (Fsp3) is 0.125. The number of carbonyl (C=O) groups is 1. The minimum atomic E-state index is -4.41. The molecule has 0 saturated carbocycles. The van der Waals surface area contributed by atoms with Crippen LogP contribution in [-0.4, -0.2) is 5.91 Å². The number of anilines is 2. The van der Waals surface area contributed by atoms with Crippen LogP contribution >= 0.6 is 0 Å². The van der Waals surface area contributed by atoms with Gasteiger partial charge >= 0.3 is 6.18 Å². The minimum Gasteiger partial charge on any atom is -0.351 e. The summed E-state index contributed by atoms with van der Waals surface area (Å²) in [6.07, 6.45) is -4.41. The van der Waals surface area contributed by atoms with Gasteiger partial charge in [-0.2, -0.15) is 13.2 Å². The first-order valence-corrected chi connectivity index (χ1v) is 9.45. The molecule has 0 bridgehead atoms. The molecule has 152 valence electrons. The van der Waals surface area contributed by atoms with Gasteiger partial charge in [-0.05, 0) is 54.5 Å². The maximum absolute atomic E-state index is 13.4. The Morgan fingerprint density at radius 3 is 1.97 bits per heavy atom. The Morgan fingerprint density at radius 1 is 0.833 bits per heavy atom. The van der Waals surface area contributed by atoms with Gasteiger partial charge < -0.3 is 5.32 Å².